The monoisotopic (exact) mass is 264 g/mol. The van der Waals surface area contributed by atoms with Gasteiger partial charge in [-0.05, 0) is 63.0 Å². The van der Waals surface area contributed by atoms with Crippen LogP contribution in [0.3, 0.4) is 0 Å². The Morgan fingerprint density at radius 3 is 2.00 bits per heavy atom. The summed E-state index contributed by atoms with van der Waals surface area (Å²) in [5, 5.41) is 6.96. The normalized spacial score (nSPS) is 11.3. The summed E-state index contributed by atoms with van der Waals surface area (Å²) in [4.78, 5) is 1.02. The summed E-state index contributed by atoms with van der Waals surface area (Å²) in [6.07, 6.45) is 0. The molecule has 0 amide bonds. The van der Waals surface area contributed by atoms with E-state index in [0.717, 1.165) is 15.3 Å². The van der Waals surface area contributed by atoms with Crippen molar-refractivity contribution in [1.29, 1.82) is 0 Å². The van der Waals surface area contributed by atoms with Crippen molar-refractivity contribution in [3.8, 4) is 0 Å². The van der Waals surface area contributed by atoms with Crippen LogP contribution >= 0.6 is 12.6 Å². The first-order valence-electron chi connectivity index (χ1n) is 6.34. The maximum atomic E-state index is 4.57. The molecule has 0 aliphatic carbocycles. The first-order valence-corrected chi connectivity index (χ1v) is 6.78. The Kier molecular flexibility index (Phi) is 2.68. The summed E-state index contributed by atoms with van der Waals surface area (Å²) in [6.45, 7) is 12.8. The average Bonchev–Trinajstić information content (AvgIpc) is 2.40. The van der Waals surface area contributed by atoms with Crippen molar-refractivity contribution < 1.29 is 0 Å². The third-order valence-electron chi connectivity index (χ3n) is 3.94. The lowest BCUT2D eigenvalue weighted by Crippen LogP contribution is -2.14. The molecule has 3 aromatic rings. The molecule has 0 unspecified atom stereocenters. The van der Waals surface area contributed by atoms with Gasteiger partial charge < -0.3 is 0 Å². The highest BCUT2D eigenvalue weighted by Crippen LogP contribution is 2.25. The van der Waals surface area contributed by atoms with E-state index in [1.54, 1.807) is 0 Å². The molecule has 94 valence electrons. The van der Waals surface area contributed by atoms with Crippen molar-refractivity contribution in [2.24, 2.45) is 0 Å². The molecule has 0 radical (unpaired) electrons. The minimum atomic E-state index is 1.02. The van der Waals surface area contributed by atoms with E-state index in [2.05, 4.69) is 70.0 Å². The van der Waals surface area contributed by atoms with Crippen LogP contribution in [0.2, 0.25) is 0 Å². The number of thiol groups is 1. The van der Waals surface area contributed by atoms with E-state index < -0.39 is 0 Å². The van der Waals surface area contributed by atoms with Gasteiger partial charge in [-0.25, -0.2) is 0 Å². The molecule has 0 spiro atoms. The van der Waals surface area contributed by atoms with E-state index in [9.17, 15) is 0 Å². The third kappa shape index (κ3) is 1.62. The number of hydrogen-bond donors (Lipinski definition) is 1. The van der Waals surface area contributed by atoms with Crippen LogP contribution in [0.4, 0.5) is 0 Å². The van der Waals surface area contributed by atoms with Crippen molar-refractivity contribution in [3.05, 3.63) is 51.9 Å². The van der Waals surface area contributed by atoms with Gasteiger partial charge >= 0.3 is 0 Å². The molecule has 0 aliphatic heterocycles. The summed E-state index contributed by atoms with van der Waals surface area (Å²) in [6, 6.07) is 10.5. The highest BCUT2D eigenvalue weighted by molar-refractivity contribution is 7.80. The molecule has 0 fully saturated rings. The maximum Gasteiger partial charge on any atom is 0.00784 e. The average molecular weight is 264 g/mol. The van der Waals surface area contributed by atoms with Gasteiger partial charge in [0.05, 0.1) is 0 Å². The Balaban J connectivity index is 2.81. The minimum Gasteiger partial charge on any atom is -0.143 e. The second-order valence-corrected chi connectivity index (χ2v) is 5.57. The van der Waals surface area contributed by atoms with E-state index in [-0.39, 0.29) is 0 Å². The van der Waals surface area contributed by atoms with Gasteiger partial charge in [0, 0.05) is 4.90 Å². The molecule has 0 aromatic heterocycles. The first kappa shape index (κ1) is 12.3. The Labute approximate surface area is 118 Å². The van der Waals surface area contributed by atoms with E-state index >= 15 is 0 Å². The summed E-state index contributed by atoms with van der Waals surface area (Å²) in [5.41, 5.74) is 2.40. The summed E-state index contributed by atoms with van der Waals surface area (Å²) in [5.74, 6) is 0. The van der Waals surface area contributed by atoms with Crippen molar-refractivity contribution >= 4 is 47.3 Å². The molecule has 0 saturated heterocycles. The van der Waals surface area contributed by atoms with Gasteiger partial charge in [-0.3, -0.25) is 0 Å². The predicted octanol–water partition coefficient (Wildman–Crippen LogP) is 3.72. The van der Waals surface area contributed by atoms with Gasteiger partial charge in [0.25, 0.3) is 0 Å². The van der Waals surface area contributed by atoms with Gasteiger partial charge in [-0.15, -0.1) is 12.6 Å². The second-order valence-electron chi connectivity index (χ2n) is 5.09. The Hall–Kier alpha value is -1.73. The fourth-order valence-electron chi connectivity index (χ4n) is 2.94. The van der Waals surface area contributed by atoms with E-state index in [1.165, 1.54) is 32.7 Å². The van der Waals surface area contributed by atoms with Gasteiger partial charge in [0.15, 0.2) is 0 Å². The summed E-state index contributed by atoms with van der Waals surface area (Å²) < 4.78 is 0. The van der Waals surface area contributed by atoms with Crippen molar-refractivity contribution in [1.82, 2.24) is 0 Å². The highest BCUT2D eigenvalue weighted by atomic mass is 32.1. The van der Waals surface area contributed by atoms with E-state index in [0.29, 0.717) is 0 Å². The van der Waals surface area contributed by atoms with E-state index in [1.807, 2.05) is 0 Å². The van der Waals surface area contributed by atoms with Crippen LogP contribution in [-0.4, -0.2) is 0 Å². The molecule has 3 rings (SSSR count). The molecule has 3 aromatic carbocycles. The molecule has 0 saturated carbocycles. The van der Waals surface area contributed by atoms with Crippen LogP contribution in [0, 0.1) is 13.8 Å². The molecule has 0 heterocycles. The third-order valence-corrected chi connectivity index (χ3v) is 4.40. The van der Waals surface area contributed by atoms with E-state index in [4.69, 9.17) is 0 Å². The molecular formula is C18H16S. The van der Waals surface area contributed by atoms with Crippen molar-refractivity contribution in [2.45, 2.75) is 18.7 Å². The van der Waals surface area contributed by atoms with Crippen molar-refractivity contribution in [3.63, 3.8) is 0 Å². The van der Waals surface area contributed by atoms with Crippen LogP contribution in [-0.2, 0) is 0 Å². The number of aryl methyl sites for hydroxylation is 2. The molecule has 0 bridgehead atoms. The molecule has 0 atom stereocenters. The number of fused-ring (bicyclic) bond motifs is 2. The second kappa shape index (κ2) is 4.14. The molecular weight excluding hydrogens is 248 g/mol. The van der Waals surface area contributed by atoms with Gasteiger partial charge in [0.2, 0.25) is 0 Å². The summed E-state index contributed by atoms with van der Waals surface area (Å²) >= 11 is 4.57. The fourth-order valence-corrected chi connectivity index (χ4v) is 3.25. The zero-order valence-electron chi connectivity index (χ0n) is 11.2. The number of hydrogen-bond acceptors (Lipinski definition) is 1. The largest absolute Gasteiger partial charge is 0.143 e. The predicted molar refractivity (Wildman–Crippen MR) is 88.5 cm³/mol. The van der Waals surface area contributed by atoms with Gasteiger partial charge in [-0.2, -0.15) is 0 Å². The lowest BCUT2D eigenvalue weighted by Gasteiger charge is -2.13. The Morgan fingerprint density at radius 1 is 0.895 bits per heavy atom. The van der Waals surface area contributed by atoms with Crippen molar-refractivity contribution in [2.75, 3.05) is 0 Å². The smallest absolute Gasteiger partial charge is 0.00784 e. The van der Waals surface area contributed by atoms with Crippen LogP contribution in [0.25, 0.3) is 34.7 Å². The lowest BCUT2D eigenvalue weighted by molar-refractivity contribution is 1.31. The number of benzene rings is 3. The minimum absolute atomic E-state index is 1.02. The van der Waals surface area contributed by atoms with Crippen LogP contribution in [0.15, 0.2) is 35.2 Å². The molecule has 0 nitrogen and oxygen atoms in total. The Morgan fingerprint density at radius 2 is 1.42 bits per heavy atom. The quantitative estimate of drug-likeness (QED) is 0.464. The molecule has 0 aliphatic rings. The lowest BCUT2D eigenvalue weighted by atomic mass is 9.93. The first-order chi connectivity index (χ1) is 9.02. The van der Waals surface area contributed by atoms with Gasteiger partial charge in [0.1, 0.15) is 0 Å². The van der Waals surface area contributed by atoms with Gasteiger partial charge in [-0.1, -0.05) is 37.4 Å². The highest BCUT2D eigenvalue weighted by Gasteiger charge is 2.09. The SMILES string of the molecule is C=c1c2ccccc2c(=C)c2c(C)c(S)cc(C)c12. The molecule has 0 N–H and O–H groups in total. The standard InChI is InChI=1S/C18H16S/c1-10-9-16(19)13(4)18-12(3)15-8-6-5-7-14(15)11(2)17(10)18/h5-9,19H,2-3H2,1,4H3. The molecule has 1 heteroatoms. The topological polar surface area (TPSA) is 0 Å². The maximum absolute atomic E-state index is 4.57. The van der Waals surface area contributed by atoms with Crippen LogP contribution in [0.1, 0.15) is 11.1 Å². The zero-order chi connectivity index (χ0) is 13.7. The summed E-state index contributed by atoms with van der Waals surface area (Å²) in [7, 11) is 0. The Bertz CT molecular complexity index is 920. The van der Waals surface area contributed by atoms with Crippen LogP contribution in [0.5, 0.6) is 0 Å². The molecule has 19 heavy (non-hydrogen) atoms. The number of rotatable bonds is 0. The fraction of sp³-hybridized carbons (Fsp3) is 0.111. The zero-order valence-corrected chi connectivity index (χ0v) is 12.1. The van der Waals surface area contributed by atoms with Crippen LogP contribution < -0.4 is 10.4 Å².